The molecule has 0 spiro atoms. The van der Waals surface area contributed by atoms with Crippen LogP contribution in [0, 0.1) is 5.82 Å². The Kier molecular flexibility index (Phi) is 4.46. The zero-order valence-corrected chi connectivity index (χ0v) is 18.4. The molecule has 8 nitrogen and oxygen atoms in total. The fraction of sp³-hybridized carbons (Fsp3) is 0.333. The van der Waals surface area contributed by atoms with Crippen LogP contribution >= 0.6 is 0 Å². The third kappa shape index (κ3) is 3.26. The number of nitrogens with two attached hydrogens (primary N) is 1. The zero-order chi connectivity index (χ0) is 22.7. The lowest BCUT2D eigenvalue weighted by Crippen LogP contribution is -2.11. The second-order valence-corrected chi connectivity index (χ2v) is 8.75. The lowest BCUT2D eigenvalue weighted by molar-refractivity contribution is 0.227. The highest BCUT2D eigenvalue weighted by atomic mass is 19.1. The van der Waals surface area contributed by atoms with E-state index < -0.39 is 6.10 Å². The second-order valence-electron chi connectivity index (χ2n) is 8.75. The Balaban J connectivity index is 1.62. The molecule has 4 heterocycles. The number of aryl methyl sites for hydroxylation is 1. The van der Waals surface area contributed by atoms with Crippen LogP contribution in [-0.4, -0.2) is 25.1 Å². The molecule has 168 valence electrons. The largest absolute Gasteiger partial charge is 0.482 e. The van der Waals surface area contributed by atoms with E-state index >= 15 is 0 Å². The minimum atomic E-state index is -0.502. The van der Waals surface area contributed by atoms with Crippen molar-refractivity contribution in [2.75, 3.05) is 5.73 Å². The minimum Gasteiger partial charge on any atom is -0.482 e. The lowest BCUT2D eigenvalue weighted by atomic mass is 9.80. The number of nitrogens with zero attached hydrogens (tertiary/aromatic N) is 5. The predicted molar refractivity (Wildman–Crippen MR) is 119 cm³/mol. The van der Waals surface area contributed by atoms with Crippen molar-refractivity contribution in [3.05, 3.63) is 59.0 Å². The number of hydrogen-bond acceptors (Lipinski definition) is 7. The summed E-state index contributed by atoms with van der Waals surface area (Å²) in [5, 5.41) is 13.7. The molecule has 2 N–H and O–H groups in total. The maximum absolute atomic E-state index is 14.3. The van der Waals surface area contributed by atoms with Crippen molar-refractivity contribution < 1.29 is 13.7 Å². The van der Waals surface area contributed by atoms with Crippen LogP contribution in [-0.2, 0) is 13.5 Å². The van der Waals surface area contributed by atoms with Gasteiger partial charge in [0.2, 0.25) is 0 Å². The van der Waals surface area contributed by atoms with Crippen LogP contribution in [0.4, 0.5) is 10.2 Å². The van der Waals surface area contributed by atoms with Gasteiger partial charge in [-0.05, 0) is 44.0 Å². The Hall–Kier alpha value is -3.75. The molecular formula is C24H23FN6O2. The van der Waals surface area contributed by atoms with E-state index in [1.807, 2.05) is 13.0 Å². The summed E-state index contributed by atoms with van der Waals surface area (Å²) in [6.07, 6.45) is 4.96. The summed E-state index contributed by atoms with van der Waals surface area (Å²) in [6.45, 7) is 1.86. The molecule has 4 aromatic rings. The molecule has 1 aliphatic heterocycles. The van der Waals surface area contributed by atoms with Gasteiger partial charge in [-0.25, -0.2) is 9.37 Å². The summed E-state index contributed by atoms with van der Waals surface area (Å²) in [7, 11) is 1.77. The third-order valence-corrected chi connectivity index (χ3v) is 6.57. The van der Waals surface area contributed by atoms with Crippen LogP contribution in [0.25, 0.3) is 22.4 Å². The third-order valence-electron chi connectivity index (χ3n) is 6.57. The summed E-state index contributed by atoms with van der Waals surface area (Å²) in [6, 6.07) is 6.46. The van der Waals surface area contributed by atoms with Crippen LogP contribution in [0.1, 0.15) is 60.9 Å². The second kappa shape index (κ2) is 7.40. The van der Waals surface area contributed by atoms with Gasteiger partial charge in [0.25, 0.3) is 0 Å². The number of benzene rings is 1. The first kappa shape index (κ1) is 19.9. The van der Waals surface area contributed by atoms with Crippen molar-refractivity contribution in [1.29, 1.82) is 0 Å². The molecule has 2 aliphatic rings. The highest BCUT2D eigenvalue weighted by molar-refractivity contribution is 5.73. The average molecular weight is 446 g/mol. The average Bonchev–Trinajstić information content (AvgIpc) is 3.31. The topological polar surface area (TPSA) is 105 Å². The van der Waals surface area contributed by atoms with Crippen LogP contribution in [0.15, 0.2) is 35.0 Å². The first-order chi connectivity index (χ1) is 16.0. The quantitative estimate of drug-likeness (QED) is 0.457. The van der Waals surface area contributed by atoms with Gasteiger partial charge < -0.3 is 15.0 Å². The number of halogens is 1. The van der Waals surface area contributed by atoms with Crippen LogP contribution < -0.4 is 10.5 Å². The van der Waals surface area contributed by atoms with Crippen molar-refractivity contribution in [1.82, 2.24) is 25.1 Å². The molecule has 2 bridgehead atoms. The van der Waals surface area contributed by atoms with Crippen molar-refractivity contribution in [3.8, 4) is 28.1 Å². The maximum Gasteiger partial charge on any atom is 0.166 e. The zero-order valence-electron chi connectivity index (χ0n) is 18.4. The molecule has 9 heteroatoms. The molecule has 1 aliphatic carbocycles. The van der Waals surface area contributed by atoms with E-state index in [-0.39, 0.29) is 11.6 Å². The van der Waals surface area contributed by atoms with Crippen LogP contribution in [0.2, 0.25) is 0 Å². The van der Waals surface area contributed by atoms with Crippen molar-refractivity contribution >= 4 is 5.82 Å². The number of nitrogen functional groups attached to an aromatic ring is 1. The number of hydrogen-bond donors (Lipinski definition) is 1. The van der Waals surface area contributed by atoms with Gasteiger partial charge in [-0.2, -0.15) is 15.0 Å². The molecule has 0 saturated heterocycles. The molecule has 1 atom stereocenters. The van der Waals surface area contributed by atoms with Crippen LogP contribution in [0.5, 0.6) is 5.75 Å². The number of fused-ring (bicyclic) bond motifs is 7. The van der Waals surface area contributed by atoms with Gasteiger partial charge in [-0.15, -0.1) is 0 Å². The smallest absolute Gasteiger partial charge is 0.166 e. The molecule has 0 amide bonds. The van der Waals surface area contributed by atoms with Gasteiger partial charge in [-0.3, -0.25) is 0 Å². The fourth-order valence-corrected chi connectivity index (χ4v) is 4.68. The standard InChI is InChI=1S/C24H23FN6O2/c1-12-17-9-15(25)6-7-16(17)23-18(28-31(2)29-23)10-19-21(22(30-33-19)13-4-3-5-13)14-8-20(32-12)24(26)27-11-14/h6-9,11-13H,3-5,10H2,1-2H3,(H2,26,27)/t12-/m1/s1. The van der Waals surface area contributed by atoms with Crippen molar-refractivity contribution in [2.45, 2.75) is 44.6 Å². The molecule has 3 aromatic heterocycles. The molecular weight excluding hydrogens is 423 g/mol. The lowest BCUT2D eigenvalue weighted by Gasteiger charge is -2.24. The molecule has 0 unspecified atom stereocenters. The number of rotatable bonds is 1. The summed E-state index contributed by atoms with van der Waals surface area (Å²) in [5.74, 6) is 1.39. The van der Waals surface area contributed by atoms with Crippen LogP contribution in [0.3, 0.4) is 0 Å². The van der Waals surface area contributed by atoms with Gasteiger partial charge >= 0.3 is 0 Å². The molecule has 1 aromatic carbocycles. The van der Waals surface area contributed by atoms with E-state index in [9.17, 15) is 4.39 Å². The number of anilines is 1. The normalized spacial score (nSPS) is 17.6. The number of ether oxygens (including phenoxy) is 1. The highest BCUT2D eigenvalue weighted by Gasteiger charge is 2.31. The SMILES string of the molecule is C[C@H]1Oc2cc(cnc2N)-c2c(C3CCC3)noc2Cc2nn(C)nc2-c2ccc(F)cc21. The molecule has 6 rings (SSSR count). The summed E-state index contributed by atoms with van der Waals surface area (Å²) >= 11 is 0. The summed E-state index contributed by atoms with van der Waals surface area (Å²) < 4.78 is 26.4. The van der Waals surface area contributed by atoms with Crippen molar-refractivity contribution in [3.63, 3.8) is 0 Å². The van der Waals surface area contributed by atoms with Crippen molar-refractivity contribution in [2.24, 2.45) is 7.05 Å². The van der Waals surface area contributed by atoms with E-state index in [0.717, 1.165) is 40.9 Å². The van der Waals surface area contributed by atoms with Gasteiger partial charge in [-0.1, -0.05) is 11.6 Å². The Morgan fingerprint density at radius 3 is 2.82 bits per heavy atom. The molecule has 33 heavy (non-hydrogen) atoms. The van der Waals surface area contributed by atoms with Gasteiger partial charge in [0.15, 0.2) is 17.3 Å². The maximum atomic E-state index is 14.3. The van der Waals surface area contributed by atoms with E-state index in [1.54, 1.807) is 19.3 Å². The molecule has 1 saturated carbocycles. The Bertz CT molecular complexity index is 1370. The highest BCUT2D eigenvalue weighted by Crippen LogP contribution is 2.44. The Labute approximate surface area is 189 Å². The molecule has 0 radical (unpaired) electrons. The first-order valence-electron chi connectivity index (χ1n) is 11.1. The minimum absolute atomic E-state index is 0.268. The monoisotopic (exact) mass is 446 g/mol. The molecule has 1 fully saturated rings. The van der Waals surface area contributed by atoms with Gasteiger partial charge in [0.1, 0.15) is 17.6 Å². The summed E-state index contributed by atoms with van der Waals surface area (Å²) in [4.78, 5) is 5.90. The van der Waals surface area contributed by atoms with Gasteiger partial charge in [0, 0.05) is 35.9 Å². The number of pyridine rings is 1. The number of aromatic nitrogens is 5. The van der Waals surface area contributed by atoms with E-state index in [4.69, 9.17) is 15.0 Å². The van der Waals surface area contributed by atoms with E-state index in [0.29, 0.717) is 35.1 Å². The van der Waals surface area contributed by atoms with E-state index in [1.165, 1.54) is 23.4 Å². The summed E-state index contributed by atoms with van der Waals surface area (Å²) in [5.41, 5.74) is 11.6. The Morgan fingerprint density at radius 2 is 2.03 bits per heavy atom. The first-order valence-corrected chi connectivity index (χ1v) is 11.1. The Morgan fingerprint density at radius 1 is 1.18 bits per heavy atom. The fourth-order valence-electron chi connectivity index (χ4n) is 4.68. The van der Waals surface area contributed by atoms with E-state index in [2.05, 4.69) is 20.3 Å². The predicted octanol–water partition coefficient (Wildman–Crippen LogP) is 4.57. The van der Waals surface area contributed by atoms with Gasteiger partial charge in [0.05, 0.1) is 23.4 Å².